The monoisotopic (exact) mass is 601 g/mol. The highest BCUT2D eigenvalue weighted by Crippen LogP contribution is 2.26. The van der Waals surface area contributed by atoms with E-state index in [1.807, 2.05) is 30.3 Å². The Kier molecular flexibility index (Phi) is 10.3. The minimum absolute atomic E-state index is 0.284. The molecule has 2 aliphatic heterocycles. The first-order chi connectivity index (χ1) is 22.0. The number of carbonyl (C=O) groups excluding carboxylic acids is 1. The number of rotatable bonds is 12. The van der Waals surface area contributed by atoms with Crippen molar-refractivity contribution in [1.82, 2.24) is 14.8 Å². The van der Waals surface area contributed by atoms with Gasteiger partial charge in [0.05, 0.1) is 11.6 Å². The number of likely N-dealkylation sites (tertiary alicyclic amines) is 1. The second-order valence-electron chi connectivity index (χ2n) is 13.2. The van der Waals surface area contributed by atoms with Crippen LogP contribution in [0.4, 0.5) is 5.69 Å². The summed E-state index contributed by atoms with van der Waals surface area (Å²) in [7, 11) is 0. The SMILES string of the molecule is Cc1cccc(CN2CCC(CCC(=O)c3ccc(N4CCN(CCCCc5c[nH]c6ccc(C#N)cc56)CC4)cc3)CC2)c1. The molecule has 0 unspecified atom stereocenters. The van der Waals surface area contributed by atoms with Crippen LogP contribution in [0.15, 0.2) is 72.9 Å². The van der Waals surface area contributed by atoms with Crippen molar-refractivity contribution in [2.75, 3.05) is 50.7 Å². The zero-order valence-electron chi connectivity index (χ0n) is 26.8. The molecule has 0 bridgehead atoms. The number of benzene rings is 3. The van der Waals surface area contributed by atoms with E-state index in [2.05, 4.69) is 75.3 Å². The molecule has 2 aliphatic rings. The van der Waals surface area contributed by atoms with Crippen molar-refractivity contribution in [3.8, 4) is 6.07 Å². The number of aromatic nitrogens is 1. The molecule has 45 heavy (non-hydrogen) atoms. The lowest BCUT2D eigenvalue weighted by atomic mass is 9.90. The topological polar surface area (TPSA) is 66.4 Å². The van der Waals surface area contributed by atoms with Gasteiger partial charge < -0.3 is 9.88 Å². The zero-order chi connectivity index (χ0) is 31.0. The molecular weight excluding hydrogens is 554 g/mol. The highest BCUT2D eigenvalue weighted by atomic mass is 16.1. The van der Waals surface area contributed by atoms with Crippen LogP contribution in [0.1, 0.15) is 71.1 Å². The van der Waals surface area contributed by atoms with Crippen LogP contribution in [0.5, 0.6) is 0 Å². The summed E-state index contributed by atoms with van der Waals surface area (Å²) in [4.78, 5) is 23.9. The molecule has 2 fully saturated rings. The third kappa shape index (κ3) is 8.22. The molecule has 6 heteroatoms. The Balaban J connectivity index is 0.873. The molecule has 3 aromatic carbocycles. The third-order valence-electron chi connectivity index (χ3n) is 9.97. The van der Waals surface area contributed by atoms with Crippen LogP contribution in [0.25, 0.3) is 10.9 Å². The highest BCUT2D eigenvalue weighted by Gasteiger charge is 2.21. The molecule has 3 heterocycles. The average Bonchev–Trinajstić information content (AvgIpc) is 3.48. The van der Waals surface area contributed by atoms with Gasteiger partial charge in [0.15, 0.2) is 5.78 Å². The fourth-order valence-corrected chi connectivity index (χ4v) is 7.17. The van der Waals surface area contributed by atoms with E-state index >= 15 is 0 Å². The number of anilines is 1. The number of aryl methyl sites for hydroxylation is 2. The normalized spacial score (nSPS) is 16.7. The fourth-order valence-electron chi connectivity index (χ4n) is 7.17. The van der Waals surface area contributed by atoms with E-state index in [0.717, 1.165) is 88.3 Å². The van der Waals surface area contributed by atoms with E-state index in [0.29, 0.717) is 12.3 Å². The van der Waals surface area contributed by atoms with Gasteiger partial charge in [-0.25, -0.2) is 0 Å². The lowest BCUT2D eigenvalue weighted by molar-refractivity contribution is 0.0961. The number of hydrogen-bond donors (Lipinski definition) is 1. The second-order valence-corrected chi connectivity index (χ2v) is 13.2. The number of aromatic amines is 1. The van der Waals surface area contributed by atoms with Crippen LogP contribution in [0, 0.1) is 24.2 Å². The maximum atomic E-state index is 13.0. The number of nitrogens with zero attached hydrogens (tertiary/aromatic N) is 4. The fraction of sp³-hybridized carbons (Fsp3) is 0.436. The molecule has 234 valence electrons. The van der Waals surface area contributed by atoms with E-state index in [-0.39, 0.29) is 5.78 Å². The molecule has 0 spiro atoms. The molecule has 6 rings (SSSR count). The summed E-state index contributed by atoms with van der Waals surface area (Å²) in [5.74, 6) is 0.941. The van der Waals surface area contributed by atoms with Gasteiger partial charge >= 0.3 is 0 Å². The highest BCUT2D eigenvalue weighted by molar-refractivity contribution is 5.96. The van der Waals surface area contributed by atoms with Crippen molar-refractivity contribution in [1.29, 1.82) is 5.26 Å². The van der Waals surface area contributed by atoms with Crippen molar-refractivity contribution < 1.29 is 4.79 Å². The van der Waals surface area contributed by atoms with E-state index < -0.39 is 0 Å². The minimum Gasteiger partial charge on any atom is -0.369 e. The van der Waals surface area contributed by atoms with E-state index in [1.54, 1.807) is 0 Å². The molecule has 0 saturated carbocycles. The number of piperidine rings is 1. The number of nitriles is 1. The summed E-state index contributed by atoms with van der Waals surface area (Å²) in [6.45, 7) is 10.8. The van der Waals surface area contributed by atoms with Crippen LogP contribution < -0.4 is 4.90 Å². The van der Waals surface area contributed by atoms with E-state index in [1.165, 1.54) is 47.0 Å². The summed E-state index contributed by atoms with van der Waals surface area (Å²) in [5.41, 5.74) is 7.95. The molecule has 6 nitrogen and oxygen atoms in total. The third-order valence-corrected chi connectivity index (χ3v) is 9.97. The first kappa shape index (κ1) is 31.1. The lowest BCUT2D eigenvalue weighted by Gasteiger charge is -2.36. The first-order valence-corrected chi connectivity index (χ1v) is 16.9. The molecule has 0 aliphatic carbocycles. The van der Waals surface area contributed by atoms with Crippen molar-refractivity contribution in [3.05, 3.63) is 101 Å². The van der Waals surface area contributed by atoms with Gasteiger partial charge in [0.25, 0.3) is 0 Å². The summed E-state index contributed by atoms with van der Waals surface area (Å²) >= 11 is 0. The number of H-pyrrole nitrogens is 1. The van der Waals surface area contributed by atoms with Gasteiger partial charge in [0, 0.05) is 67.5 Å². The van der Waals surface area contributed by atoms with Gasteiger partial charge in [-0.15, -0.1) is 0 Å². The number of nitrogens with one attached hydrogen (secondary N) is 1. The number of carbonyl (C=O) groups is 1. The molecular formula is C39H47N5O. The van der Waals surface area contributed by atoms with Gasteiger partial charge in [-0.2, -0.15) is 5.26 Å². The molecule has 1 aromatic heterocycles. The summed E-state index contributed by atoms with van der Waals surface area (Å²) in [5, 5.41) is 10.4. The van der Waals surface area contributed by atoms with Crippen molar-refractivity contribution in [3.63, 3.8) is 0 Å². The largest absolute Gasteiger partial charge is 0.369 e. The van der Waals surface area contributed by atoms with Crippen LogP contribution in [0.2, 0.25) is 0 Å². The lowest BCUT2D eigenvalue weighted by Crippen LogP contribution is -2.46. The van der Waals surface area contributed by atoms with Crippen LogP contribution in [0.3, 0.4) is 0 Å². The Hall–Kier alpha value is -3.92. The maximum absolute atomic E-state index is 13.0. The Morgan fingerprint density at radius 2 is 1.71 bits per heavy atom. The van der Waals surface area contributed by atoms with Gasteiger partial charge in [-0.1, -0.05) is 29.8 Å². The van der Waals surface area contributed by atoms with Gasteiger partial charge in [-0.05, 0) is 125 Å². The van der Waals surface area contributed by atoms with Crippen LogP contribution in [-0.4, -0.2) is 66.4 Å². The van der Waals surface area contributed by atoms with Gasteiger partial charge in [0.1, 0.15) is 0 Å². The number of piperazine rings is 1. The number of hydrogen-bond acceptors (Lipinski definition) is 5. The molecule has 0 amide bonds. The molecule has 4 aromatic rings. The molecule has 0 radical (unpaired) electrons. The Bertz CT molecular complexity index is 1600. The molecule has 1 N–H and O–H groups in total. The van der Waals surface area contributed by atoms with Gasteiger partial charge in [0.2, 0.25) is 0 Å². The van der Waals surface area contributed by atoms with E-state index in [9.17, 15) is 10.1 Å². The van der Waals surface area contributed by atoms with Crippen molar-refractivity contribution in [2.45, 2.75) is 58.4 Å². The van der Waals surface area contributed by atoms with Crippen molar-refractivity contribution in [2.24, 2.45) is 5.92 Å². The zero-order valence-corrected chi connectivity index (χ0v) is 26.8. The van der Waals surface area contributed by atoms with E-state index in [4.69, 9.17) is 0 Å². The van der Waals surface area contributed by atoms with Crippen LogP contribution in [-0.2, 0) is 13.0 Å². The smallest absolute Gasteiger partial charge is 0.162 e. The predicted octanol–water partition coefficient (Wildman–Crippen LogP) is 7.37. The Labute approximate surface area is 268 Å². The molecule has 0 atom stereocenters. The number of unbranched alkanes of at least 4 members (excludes halogenated alkanes) is 1. The second kappa shape index (κ2) is 14.9. The maximum Gasteiger partial charge on any atom is 0.162 e. The van der Waals surface area contributed by atoms with Crippen LogP contribution >= 0.6 is 0 Å². The van der Waals surface area contributed by atoms with Crippen molar-refractivity contribution >= 4 is 22.4 Å². The number of Topliss-reactive ketones (excluding diaryl/α,β-unsaturated/α-hetero) is 1. The first-order valence-electron chi connectivity index (χ1n) is 16.9. The molecule has 2 saturated heterocycles. The average molecular weight is 602 g/mol. The number of ketones is 1. The summed E-state index contributed by atoms with van der Waals surface area (Å²) in [6, 6.07) is 25.3. The minimum atomic E-state index is 0.284. The standard InChI is InChI=1S/C39H47N5O/c1-30-5-4-6-33(25-30)29-43-19-16-31(17-20-43)9-15-39(45)34-10-12-36(13-11-34)44-23-21-42(22-24-44)18-3-2-7-35-28-41-38-14-8-32(27-40)26-37(35)38/h4-6,8,10-14,25-26,28,31,41H,2-3,7,9,15-24,29H2,1H3. The summed E-state index contributed by atoms with van der Waals surface area (Å²) < 4.78 is 0. The predicted molar refractivity (Wildman–Crippen MR) is 184 cm³/mol. The number of fused-ring (bicyclic) bond motifs is 1. The Morgan fingerprint density at radius 1 is 0.911 bits per heavy atom. The van der Waals surface area contributed by atoms with Gasteiger partial charge in [-0.3, -0.25) is 14.6 Å². The summed E-state index contributed by atoms with van der Waals surface area (Å²) in [6.07, 6.45) is 9.50. The quantitative estimate of drug-likeness (QED) is 0.136. The Morgan fingerprint density at radius 3 is 2.47 bits per heavy atom.